The largest absolute Gasteiger partial charge is 0.490 e. The summed E-state index contributed by atoms with van der Waals surface area (Å²) in [7, 11) is 1.29. The third-order valence-corrected chi connectivity index (χ3v) is 2.95. The summed E-state index contributed by atoms with van der Waals surface area (Å²) in [6, 6.07) is 5.28. The lowest BCUT2D eigenvalue weighted by Gasteiger charge is -2.12. The Morgan fingerprint density at radius 3 is 2.90 bits per heavy atom. The number of nitrogens with one attached hydrogen (secondary N) is 1. The number of anilines is 1. The minimum Gasteiger partial charge on any atom is -0.490 e. The zero-order valence-corrected chi connectivity index (χ0v) is 12.0. The second kappa shape index (κ2) is 6.78. The highest BCUT2D eigenvalue weighted by atomic mass is 16.5. The van der Waals surface area contributed by atoms with Gasteiger partial charge in [-0.05, 0) is 19.1 Å². The van der Waals surface area contributed by atoms with Crippen molar-refractivity contribution in [2.45, 2.75) is 13.3 Å². The van der Waals surface area contributed by atoms with Gasteiger partial charge in [-0.15, -0.1) is 0 Å². The van der Waals surface area contributed by atoms with Crippen LogP contribution < -0.4 is 10.1 Å². The second-order valence-corrected chi connectivity index (χ2v) is 4.33. The molecule has 6 nitrogen and oxygen atoms in total. The van der Waals surface area contributed by atoms with Crippen molar-refractivity contribution in [3.8, 4) is 5.75 Å². The van der Waals surface area contributed by atoms with E-state index in [9.17, 15) is 9.59 Å². The van der Waals surface area contributed by atoms with E-state index in [2.05, 4.69) is 10.1 Å². The number of esters is 1. The summed E-state index contributed by atoms with van der Waals surface area (Å²) in [4.78, 5) is 23.2. The number of amides is 1. The Morgan fingerprint density at radius 1 is 1.38 bits per heavy atom. The van der Waals surface area contributed by atoms with Crippen LogP contribution in [0.2, 0.25) is 0 Å². The number of hydrogen-bond acceptors (Lipinski definition) is 5. The van der Waals surface area contributed by atoms with Crippen molar-refractivity contribution in [3.63, 3.8) is 0 Å². The van der Waals surface area contributed by atoms with Gasteiger partial charge in [0, 0.05) is 17.6 Å². The average molecular weight is 291 g/mol. The molecule has 1 amide bonds. The normalized spacial score (nSPS) is 13.1. The molecule has 1 N–H and O–H groups in total. The number of methoxy groups -OCH3 is 1. The third-order valence-electron chi connectivity index (χ3n) is 2.95. The van der Waals surface area contributed by atoms with Crippen LogP contribution in [0.25, 0.3) is 6.08 Å². The molecule has 0 spiro atoms. The lowest BCUT2D eigenvalue weighted by molar-refractivity contribution is -0.138. The van der Waals surface area contributed by atoms with E-state index in [0.717, 1.165) is 0 Å². The molecular weight excluding hydrogens is 274 g/mol. The van der Waals surface area contributed by atoms with Gasteiger partial charge in [0.05, 0.1) is 26.0 Å². The van der Waals surface area contributed by atoms with Gasteiger partial charge >= 0.3 is 12.1 Å². The first-order chi connectivity index (χ1) is 10.2. The SMILES string of the molecule is CCOC(=O)C1=Cc2cccc(NC(=O)OC)c2OCC1. The Balaban J connectivity index is 2.33. The average Bonchev–Trinajstić information content (AvgIpc) is 2.70. The molecule has 0 radical (unpaired) electrons. The molecule has 1 heterocycles. The van der Waals surface area contributed by atoms with E-state index in [4.69, 9.17) is 9.47 Å². The maximum absolute atomic E-state index is 11.8. The van der Waals surface area contributed by atoms with E-state index in [0.29, 0.717) is 42.2 Å². The Hall–Kier alpha value is -2.50. The minimum atomic E-state index is -0.578. The fourth-order valence-corrected chi connectivity index (χ4v) is 2.00. The van der Waals surface area contributed by atoms with E-state index >= 15 is 0 Å². The van der Waals surface area contributed by atoms with E-state index < -0.39 is 6.09 Å². The lowest BCUT2D eigenvalue weighted by Crippen LogP contribution is -2.12. The van der Waals surface area contributed by atoms with Crippen molar-refractivity contribution in [3.05, 3.63) is 29.3 Å². The molecule has 0 fully saturated rings. The van der Waals surface area contributed by atoms with Crippen molar-refractivity contribution in [2.75, 3.05) is 25.6 Å². The molecule has 0 saturated heterocycles. The summed E-state index contributed by atoms with van der Waals surface area (Å²) in [6.45, 7) is 2.42. The van der Waals surface area contributed by atoms with Gasteiger partial charge in [-0.1, -0.05) is 12.1 Å². The molecule has 2 rings (SSSR count). The van der Waals surface area contributed by atoms with Gasteiger partial charge in [0.1, 0.15) is 5.75 Å². The molecule has 21 heavy (non-hydrogen) atoms. The highest BCUT2D eigenvalue weighted by Gasteiger charge is 2.19. The van der Waals surface area contributed by atoms with Crippen molar-refractivity contribution in [2.24, 2.45) is 0 Å². The van der Waals surface area contributed by atoms with Crippen LogP contribution in [0, 0.1) is 0 Å². The van der Waals surface area contributed by atoms with Gasteiger partial charge in [0.2, 0.25) is 0 Å². The van der Waals surface area contributed by atoms with Crippen LogP contribution in [-0.2, 0) is 14.3 Å². The van der Waals surface area contributed by atoms with E-state index in [1.165, 1.54) is 7.11 Å². The van der Waals surface area contributed by atoms with Crippen molar-refractivity contribution in [1.82, 2.24) is 0 Å². The van der Waals surface area contributed by atoms with Gasteiger partial charge < -0.3 is 14.2 Å². The number of ether oxygens (including phenoxy) is 3. The number of rotatable bonds is 3. The topological polar surface area (TPSA) is 73.9 Å². The molecule has 0 bridgehead atoms. The number of para-hydroxylation sites is 1. The van der Waals surface area contributed by atoms with Crippen molar-refractivity contribution in [1.29, 1.82) is 0 Å². The quantitative estimate of drug-likeness (QED) is 0.866. The monoisotopic (exact) mass is 291 g/mol. The van der Waals surface area contributed by atoms with Crippen LogP contribution in [0.5, 0.6) is 5.75 Å². The summed E-state index contributed by atoms with van der Waals surface area (Å²) in [5, 5.41) is 2.59. The zero-order chi connectivity index (χ0) is 15.2. The molecule has 112 valence electrons. The first-order valence-corrected chi connectivity index (χ1v) is 6.64. The van der Waals surface area contributed by atoms with Crippen molar-refractivity contribution >= 4 is 23.8 Å². The maximum atomic E-state index is 11.8. The number of hydrogen-bond donors (Lipinski definition) is 1. The van der Waals surface area contributed by atoms with Crippen LogP contribution >= 0.6 is 0 Å². The molecule has 0 atom stereocenters. The van der Waals surface area contributed by atoms with Crippen LogP contribution in [0.15, 0.2) is 23.8 Å². The molecule has 1 aromatic carbocycles. The van der Waals surface area contributed by atoms with Crippen LogP contribution in [0.3, 0.4) is 0 Å². The summed E-state index contributed by atoms with van der Waals surface area (Å²) in [6.07, 6.45) is 1.60. The molecule has 0 aliphatic carbocycles. The predicted molar refractivity (Wildman–Crippen MR) is 77.2 cm³/mol. The first kappa shape index (κ1) is 14.9. The Bertz CT molecular complexity index is 579. The molecule has 1 aliphatic heterocycles. The Morgan fingerprint density at radius 2 is 2.19 bits per heavy atom. The number of carbonyl (C=O) groups excluding carboxylic acids is 2. The molecule has 1 aliphatic rings. The summed E-state index contributed by atoms with van der Waals surface area (Å²) >= 11 is 0. The minimum absolute atomic E-state index is 0.327. The molecule has 0 unspecified atom stereocenters. The number of carbonyl (C=O) groups is 2. The molecule has 1 aromatic rings. The second-order valence-electron chi connectivity index (χ2n) is 4.33. The Labute approximate surface area is 122 Å². The van der Waals surface area contributed by atoms with Gasteiger partial charge in [-0.3, -0.25) is 5.32 Å². The van der Waals surface area contributed by atoms with Gasteiger partial charge in [-0.25, -0.2) is 9.59 Å². The lowest BCUT2D eigenvalue weighted by atomic mass is 10.1. The fraction of sp³-hybridized carbons (Fsp3) is 0.333. The maximum Gasteiger partial charge on any atom is 0.411 e. The standard InChI is InChI=1S/C15H17NO5/c1-3-20-14(17)11-7-8-21-13-10(9-11)5-4-6-12(13)16-15(18)19-2/h4-6,9H,3,7-8H2,1-2H3,(H,16,18). The number of fused-ring (bicyclic) bond motifs is 1. The highest BCUT2D eigenvalue weighted by molar-refractivity contribution is 5.95. The molecule has 6 heteroatoms. The van der Waals surface area contributed by atoms with Gasteiger partial charge in [-0.2, -0.15) is 0 Å². The van der Waals surface area contributed by atoms with Gasteiger partial charge in [0.25, 0.3) is 0 Å². The molecule has 0 saturated carbocycles. The summed E-state index contributed by atoms with van der Waals surface area (Å²) in [5.74, 6) is 0.169. The molecule has 0 aromatic heterocycles. The smallest absolute Gasteiger partial charge is 0.411 e. The molecular formula is C15H17NO5. The van der Waals surface area contributed by atoms with E-state index in [1.54, 1.807) is 25.1 Å². The van der Waals surface area contributed by atoms with Crippen LogP contribution in [0.1, 0.15) is 18.9 Å². The fourth-order valence-electron chi connectivity index (χ4n) is 2.00. The van der Waals surface area contributed by atoms with E-state index in [-0.39, 0.29) is 5.97 Å². The summed E-state index contributed by atoms with van der Waals surface area (Å²) in [5.41, 5.74) is 1.76. The first-order valence-electron chi connectivity index (χ1n) is 6.64. The predicted octanol–water partition coefficient (Wildman–Crippen LogP) is 2.59. The number of benzene rings is 1. The van der Waals surface area contributed by atoms with Crippen LogP contribution in [0.4, 0.5) is 10.5 Å². The summed E-state index contributed by atoms with van der Waals surface area (Å²) < 4.78 is 15.2. The van der Waals surface area contributed by atoms with Gasteiger partial charge in [0.15, 0.2) is 0 Å². The van der Waals surface area contributed by atoms with Crippen molar-refractivity contribution < 1.29 is 23.8 Å². The Kier molecular flexibility index (Phi) is 4.81. The van der Waals surface area contributed by atoms with E-state index in [1.807, 2.05) is 6.07 Å². The van der Waals surface area contributed by atoms with Crippen LogP contribution in [-0.4, -0.2) is 32.4 Å². The zero-order valence-electron chi connectivity index (χ0n) is 12.0. The highest BCUT2D eigenvalue weighted by Crippen LogP contribution is 2.33. The third kappa shape index (κ3) is 3.53.